The number of hydrogen-bond donors (Lipinski definition) is 0. The van der Waals surface area contributed by atoms with Crippen molar-refractivity contribution in [3.05, 3.63) is 81.7 Å². The number of fused-ring (bicyclic) bond motifs is 8. The van der Waals surface area contributed by atoms with Crippen molar-refractivity contribution in [2.45, 2.75) is 77.6 Å². The molecule has 0 N–H and O–H groups in total. The maximum Gasteiger partial charge on any atom is 0.346 e. The number of nitrogens with zero attached hydrogens (tertiary/aromatic N) is 2. The smallest absolute Gasteiger partial charge is 0.346 e. The Morgan fingerprint density at radius 2 is 1.53 bits per heavy atom. The highest BCUT2D eigenvalue weighted by atomic mass is 32.1. The van der Waals surface area contributed by atoms with Crippen molar-refractivity contribution in [3.63, 3.8) is 0 Å². The Balaban J connectivity index is 1.52. The van der Waals surface area contributed by atoms with Crippen LogP contribution in [-0.4, -0.2) is 18.1 Å². The Bertz CT molecular complexity index is 2110. The lowest BCUT2D eigenvalue weighted by Gasteiger charge is -2.48. The van der Waals surface area contributed by atoms with Gasteiger partial charge in [0.05, 0.1) is 10.2 Å². The lowest BCUT2D eigenvalue weighted by Crippen LogP contribution is -2.44. The third kappa shape index (κ3) is 3.73. The molecule has 5 heteroatoms. The lowest BCUT2D eigenvalue weighted by molar-refractivity contribution is 0.398. The topological polar surface area (TPSA) is 46.3 Å². The summed E-state index contributed by atoms with van der Waals surface area (Å²) in [6.45, 7) is 15.9. The van der Waals surface area contributed by atoms with Gasteiger partial charge in [0.25, 0.3) is 0 Å². The van der Waals surface area contributed by atoms with Crippen LogP contribution in [0.15, 0.2) is 63.8 Å². The summed E-state index contributed by atoms with van der Waals surface area (Å²) in [7, 11) is 0. The first-order valence-electron chi connectivity index (χ1n) is 15.7. The van der Waals surface area contributed by atoms with E-state index in [1.807, 2.05) is 0 Å². The zero-order valence-electron chi connectivity index (χ0n) is 25.9. The summed E-state index contributed by atoms with van der Waals surface area (Å²) in [5.74, 6) is 0.168. The molecule has 43 heavy (non-hydrogen) atoms. The molecule has 2 aliphatic heterocycles. The molecule has 1 unspecified atom stereocenters. The van der Waals surface area contributed by atoms with E-state index in [0.29, 0.717) is 5.56 Å². The van der Waals surface area contributed by atoms with Crippen LogP contribution in [0.25, 0.3) is 53.3 Å². The summed E-state index contributed by atoms with van der Waals surface area (Å²) in [5.41, 5.74) is 7.07. The third-order valence-electron chi connectivity index (χ3n) is 10.5. The largest absolute Gasteiger partial charge is 0.422 e. The van der Waals surface area contributed by atoms with Crippen LogP contribution in [0.1, 0.15) is 83.4 Å². The summed E-state index contributed by atoms with van der Waals surface area (Å²) < 4.78 is 7.63. The quantitative estimate of drug-likeness (QED) is 0.153. The van der Waals surface area contributed by atoms with E-state index < -0.39 is 0 Å². The van der Waals surface area contributed by atoms with Crippen molar-refractivity contribution in [2.24, 2.45) is 0 Å². The summed E-state index contributed by atoms with van der Waals surface area (Å²) in [6.07, 6.45) is 3.08. The summed E-state index contributed by atoms with van der Waals surface area (Å²) in [4.78, 5) is 22.1. The molecule has 0 spiro atoms. The molecule has 0 radical (unpaired) electrons. The van der Waals surface area contributed by atoms with Crippen molar-refractivity contribution in [3.8, 4) is 10.6 Å². The van der Waals surface area contributed by atoms with Gasteiger partial charge >= 0.3 is 5.63 Å². The fourth-order valence-corrected chi connectivity index (χ4v) is 8.96. The van der Waals surface area contributed by atoms with E-state index in [1.54, 1.807) is 11.3 Å². The van der Waals surface area contributed by atoms with E-state index in [4.69, 9.17) is 9.40 Å². The van der Waals surface area contributed by atoms with Crippen LogP contribution in [0.2, 0.25) is 0 Å². The zero-order chi connectivity index (χ0) is 29.8. The summed E-state index contributed by atoms with van der Waals surface area (Å²) in [5, 5.41) is 6.56. The first-order valence-corrected chi connectivity index (χ1v) is 16.6. The standard InChI is InChI=1S/C38H38N2O2S/c1-7-21(2)28-26-20-27-32-30(38(5,6)17-19-40(32)18-16-37(27,3)4)33(26)42-36(41)29(28)35-39-31-24-14-10-8-12-22(24)23-13-9-11-15-25(23)34(31)43-35/h8-15,20-21H,7,16-19H2,1-6H3. The molecule has 4 nitrogen and oxygen atoms in total. The Labute approximate surface area is 256 Å². The minimum Gasteiger partial charge on any atom is -0.422 e. The van der Waals surface area contributed by atoms with Gasteiger partial charge in [-0.15, -0.1) is 11.3 Å². The molecule has 0 bridgehead atoms. The Hall–Kier alpha value is -3.70. The molecular weight excluding hydrogens is 548 g/mol. The van der Waals surface area contributed by atoms with E-state index >= 15 is 0 Å². The number of anilines is 1. The zero-order valence-corrected chi connectivity index (χ0v) is 26.7. The minimum absolute atomic E-state index is 0.0406. The van der Waals surface area contributed by atoms with Crippen LogP contribution in [0.3, 0.4) is 0 Å². The maximum absolute atomic E-state index is 14.3. The van der Waals surface area contributed by atoms with E-state index in [9.17, 15) is 4.79 Å². The molecule has 1 atom stereocenters. The van der Waals surface area contributed by atoms with Crippen LogP contribution in [0, 0.1) is 0 Å². The van der Waals surface area contributed by atoms with Gasteiger partial charge in [-0.05, 0) is 64.0 Å². The first kappa shape index (κ1) is 26.9. The molecule has 0 fully saturated rings. The molecule has 0 amide bonds. The van der Waals surface area contributed by atoms with Gasteiger partial charge in [-0.3, -0.25) is 0 Å². The molecule has 2 aliphatic rings. The Morgan fingerprint density at radius 1 is 0.907 bits per heavy atom. The van der Waals surface area contributed by atoms with E-state index in [2.05, 4.69) is 101 Å². The molecule has 0 saturated heterocycles. The van der Waals surface area contributed by atoms with Crippen LogP contribution in [-0.2, 0) is 10.8 Å². The molecule has 0 aliphatic carbocycles. The first-order chi connectivity index (χ1) is 20.6. The second-order valence-electron chi connectivity index (χ2n) is 14.1. The van der Waals surface area contributed by atoms with E-state index in [1.165, 1.54) is 33.0 Å². The van der Waals surface area contributed by atoms with Crippen molar-refractivity contribution >= 4 is 59.8 Å². The maximum atomic E-state index is 14.3. The average Bonchev–Trinajstić information content (AvgIpc) is 3.44. The van der Waals surface area contributed by atoms with Crippen molar-refractivity contribution < 1.29 is 4.42 Å². The highest BCUT2D eigenvalue weighted by molar-refractivity contribution is 7.22. The highest BCUT2D eigenvalue weighted by Crippen LogP contribution is 2.53. The monoisotopic (exact) mass is 586 g/mol. The van der Waals surface area contributed by atoms with Crippen molar-refractivity contribution in [2.75, 3.05) is 18.0 Å². The number of rotatable bonds is 3. The van der Waals surface area contributed by atoms with Gasteiger partial charge in [0.15, 0.2) is 0 Å². The molecule has 4 aromatic carbocycles. The molecule has 6 aromatic rings. The molecular formula is C38H38N2O2S. The van der Waals surface area contributed by atoms with Gasteiger partial charge in [-0.1, -0.05) is 90.1 Å². The molecule has 8 rings (SSSR count). The predicted molar refractivity (Wildman–Crippen MR) is 182 cm³/mol. The van der Waals surface area contributed by atoms with Gasteiger partial charge in [-0.2, -0.15) is 0 Å². The number of thiazole rings is 1. The fourth-order valence-electron chi connectivity index (χ4n) is 7.80. The van der Waals surface area contributed by atoms with Crippen LogP contribution < -0.4 is 10.5 Å². The van der Waals surface area contributed by atoms with E-state index in [-0.39, 0.29) is 22.4 Å². The van der Waals surface area contributed by atoms with Crippen LogP contribution in [0.4, 0.5) is 5.69 Å². The lowest BCUT2D eigenvalue weighted by atomic mass is 9.68. The predicted octanol–water partition coefficient (Wildman–Crippen LogP) is 10.1. The fraction of sp³-hybridized carbons (Fsp3) is 0.368. The molecule has 218 valence electrons. The highest BCUT2D eigenvalue weighted by Gasteiger charge is 2.42. The van der Waals surface area contributed by atoms with Gasteiger partial charge in [0, 0.05) is 40.5 Å². The molecule has 4 heterocycles. The van der Waals surface area contributed by atoms with Crippen molar-refractivity contribution in [1.29, 1.82) is 0 Å². The van der Waals surface area contributed by atoms with Crippen LogP contribution >= 0.6 is 11.3 Å². The minimum atomic E-state index is -0.269. The van der Waals surface area contributed by atoms with Crippen molar-refractivity contribution in [1.82, 2.24) is 4.98 Å². The van der Waals surface area contributed by atoms with E-state index in [0.717, 1.165) is 69.5 Å². The second kappa shape index (κ2) is 9.15. The SMILES string of the molecule is CCC(C)c1c(-c2nc3c4ccccc4c4ccccc4c3s2)c(=O)oc2c3c4c(cc12)C(C)(C)CCN4CCC3(C)C. The molecule has 2 aromatic heterocycles. The summed E-state index contributed by atoms with van der Waals surface area (Å²) in [6, 6.07) is 19.4. The number of benzene rings is 4. The Morgan fingerprint density at radius 3 is 2.23 bits per heavy atom. The van der Waals surface area contributed by atoms with Gasteiger partial charge in [-0.25, -0.2) is 9.78 Å². The molecule has 0 saturated carbocycles. The Kier molecular flexibility index (Phi) is 5.72. The number of hydrogen-bond acceptors (Lipinski definition) is 5. The number of aromatic nitrogens is 1. The third-order valence-corrected chi connectivity index (χ3v) is 11.6. The average molecular weight is 587 g/mol. The normalized spacial score (nSPS) is 18.0. The summed E-state index contributed by atoms with van der Waals surface area (Å²) >= 11 is 1.63. The van der Waals surface area contributed by atoms with Gasteiger partial charge in [0.2, 0.25) is 0 Å². The second-order valence-corrected chi connectivity index (χ2v) is 15.1. The van der Waals surface area contributed by atoms with Gasteiger partial charge < -0.3 is 9.32 Å². The van der Waals surface area contributed by atoms with Crippen LogP contribution in [0.5, 0.6) is 0 Å². The van der Waals surface area contributed by atoms with Gasteiger partial charge in [0.1, 0.15) is 16.2 Å².